The molecular formula is C24H20BrF2N3O4S. The van der Waals surface area contributed by atoms with Gasteiger partial charge in [-0.3, -0.25) is 14.2 Å². The summed E-state index contributed by atoms with van der Waals surface area (Å²) < 4.78 is 34.4. The summed E-state index contributed by atoms with van der Waals surface area (Å²) in [5.74, 6) is 4.98. The van der Waals surface area contributed by atoms with Crippen LogP contribution in [0, 0.1) is 17.7 Å². The summed E-state index contributed by atoms with van der Waals surface area (Å²) >= 11 is 4.35. The van der Waals surface area contributed by atoms with Crippen molar-refractivity contribution in [2.75, 3.05) is 26.3 Å². The third-order valence-electron chi connectivity index (χ3n) is 6.00. The van der Waals surface area contributed by atoms with Crippen LogP contribution in [0.1, 0.15) is 18.2 Å². The Hall–Kier alpha value is -2.65. The standard InChI is InChI=1S/C24H20BrF2N3O4S/c1-23(27)10-30(11-23)18(31)9-29-13-28-21-20(22(29)32)19(14-2-3-16(26)15(25)8-14)17(35-21)4-5-24(33)6-7-34-12-24/h2-3,8,13,33H,6-7,9-12H2,1H3. The molecule has 7 nitrogen and oxygen atoms in total. The van der Waals surface area contributed by atoms with Crippen LogP contribution in [-0.2, 0) is 16.1 Å². The summed E-state index contributed by atoms with van der Waals surface area (Å²) in [6, 6.07) is 4.35. The van der Waals surface area contributed by atoms with Crippen molar-refractivity contribution in [3.63, 3.8) is 0 Å². The molecule has 11 heteroatoms. The normalized spacial score (nSPS) is 21.0. The molecule has 1 N–H and O–H groups in total. The molecule has 2 aliphatic heterocycles. The first kappa shape index (κ1) is 24.1. The third-order valence-corrected chi connectivity index (χ3v) is 7.62. The van der Waals surface area contributed by atoms with E-state index >= 15 is 0 Å². The first-order chi connectivity index (χ1) is 16.6. The van der Waals surface area contributed by atoms with E-state index in [1.54, 1.807) is 6.07 Å². The van der Waals surface area contributed by atoms with Crippen LogP contribution >= 0.6 is 27.3 Å². The number of rotatable bonds is 3. The van der Waals surface area contributed by atoms with E-state index in [4.69, 9.17) is 4.74 Å². The highest BCUT2D eigenvalue weighted by molar-refractivity contribution is 9.10. The highest BCUT2D eigenvalue weighted by atomic mass is 79.9. The van der Waals surface area contributed by atoms with Crippen LogP contribution in [0.4, 0.5) is 8.78 Å². The number of likely N-dealkylation sites (tertiary alicyclic amines) is 1. The second kappa shape index (κ2) is 8.78. The second-order valence-electron chi connectivity index (χ2n) is 9.04. The van der Waals surface area contributed by atoms with E-state index < -0.39 is 22.6 Å². The van der Waals surface area contributed by atoms with Gasteiger partial charge in [-0.25, -0.2) is 13.8 Å². The maximum atomic E-state index is 13.9. The van der Waals surface area contributed by atoms with Crippen LogP contribution in [0.15, 0.2) is 33.8 Å². The maximum Gasteiger partial charge on any atom is 0.263 e. The van der Waals surface area contributed by atoms with Crippen molar-refractivity contribution < 1.29 is 23.4 Å². The first-order valence-corrected chi connectivity index (χ1v) is 12.4. The Kier molecular flexibility index (Phi) is 6.04. The molecule has 0 saturated carbocycles. The van der Waals surface area contributed by atoms with Crippen LogP contribution in [0.25, 0.3) is 21.3 Å². The van der Waals surface area contributed by atoms with Crippen LogP contribution in [-0.4, -0.2) is 63.0 Å². The topological polar surface area (TPSA) is 84.7 Å². The molecule has 2 aliphatic rings. The average molecular weight is 564 g/mol. The van der Waals surface area contributed by atoms with Gasteiger partial charge in [0.2, 0.25) is 5.91 Å². The Bertz CT molecular complexity index is 1460. The number of fused-ring (bicyclic) bond motifs is 1. The fraction of sp³-hybridized carbons (Fsp3) is 0.375. The van der Waals surface area contributed by atoms with E-state index in [1.807, 2.05) is 0 Å². The lowest BCUT2D eigenvalue weighted by Gasteiger charge is -2.42. The molecule has 0 bridgehead atoms. The molecule has 5 rings (SSSR count). The minimum atomic E-state index is -1.42. The van der Waals surface area contributed by atoms with Crippen molar-refractivity contribution in [1.29, 1.82) is 0 Å². The number of hydrogen-bond acceptors (Lipinski definition) is 6. The molecule has 2 aromatic heterocycles. The monoisotopic (exact) mass is 563 g/mol. The molecule has 35 heavy (non-hydrogen) atoms. The van der Waals surface area contributed by atoms with Gasteiger partial charge in [0.1, 0.15) is 22.9 Å². The molecule has 1 aromatic carbocycles. The number of thiophene rings is 1. The molecule has 0 aliphatic carbocycles. The summed E-state index contributed by atoms with van der Waals surface area (Å²) in [6.07, 6.45) is 1.65. The number of alkyl halides is 1. The lowest BCUT2D eigenvalue weighted by Crippen LogP contribution is -2.60. The number of carbonyl (C=O) groups is 1. The van der Waals surface area contributed by atoms with Crippen LogP contribution in [0.2, 0.25) is 0 Å². The van der Waals surface area contributed by atoms with Crippen molar-refractivity contribution in [1.82, 2.24) is 14.5 Å². The van der Waals surface area contributed by atoms with Crippen molar-refractivity contribution in [2.24, 2.45) is 0 Å². The van der Waals surface area contributed by atoms with Crippen molar-refractivity contribution >= 4 is 43.4 Å². The van der Waals surface area contributed by atoms with E-state index in [9.17, 15) is 23.5 Å². The molecular weight excluding hydrogens is 544 g/mol. The summed E-state index contributed by atoms with van der Waals surface area (Å²) in [4.78, 5) is 32.6. The van der Waals surface area contributed by atoms with Gasteiger partial charge in [-0.15, -0.1) is 11.3 Å². The van der Waals surface area contributed by atoms with Crippen molar-refractivity contribution in [3.05, 3.63) is 50.0 Å². The van der Waals surface area contributed by atoms with E-state index in [-0.39, 0.29) is 42.0 Å². The van der Waals surface area contributed by atoms with Gasteiger partial charge in [-0.2, -0.15) is 0 Å². The lowest BCUT2D eigenvalue weighted by atomic mass is 9.99. The Morgan fingerprint density at radius 2 is 2.17 bits per heavy atom. The minimum Gasteiger partial charge on any atom is -0.377 e. The summed E-state index contributed by atoms with van der Waals surface area (Å²) in [7, 11) is 0. The van der Waals surface area contributed by atoms with Gasteiger partial charge < -0.3 is 14.7 Å². The van der Waals surface area contributed by atoms with Gasteiger partial charge in [-0.1, -0.05) is 17.9 Å². The van der Waals surface area contributed by atoms with Crippen LogP contribution < -0.4 is 5.56 Å². The molecule has 4 heterocycles. The second-order valence-corrected chi connectivity index (χ2v) is 10.9. The molecule has 3 aromatic rings. The Morgan fingerprint density at radius 3 is 2.83 bits per heavy atom. The molecule has 1 amide bonds. The number of aromatic nitrogens is 2. The zero-order chi connectivity index (χ0) is 25.0. The highest BCUT2D eigenvalue weighted by Gasteiger charge is 2.41. The average Bonchev–Trinajstić information content (AvgIpc) is 3.39. The van der Waals surface area contributed by atoms with Gasteiger partial charge in [-0.05, 0) is 40.5 Å². The van der Waals surface area contributed by atoms with Gasteiger partial charge >= 0.3 is 0 Å². The third kappa shape index (κ3) is 4.63. The van der Waals surface area contributed by atoms with E-state index in [2.05, 4.69) is 32.8 Å². The molecule has 1 unspecified atom stereocenters. The fourth-order valence-corrected chi connectivity index (χ4v) is 5.54. The minimum absolute atomic E-state index is 0.0179. The highest BCUT2D eigenvalue weighted by Crippen LogP contribution is 2.37. The summed E-state index contributed by atoms with van der Waals surface area (Å²) in [6.45, 7) is 1.59. The first-order valence-electron chi connectivity index (χ1n) is 10.8. The zero-order valence-corrected chi connectivity index (χ0v) is 21.0. The van der Waals surface area contributed by atoms with Gasteiger partial charge in [0.05, 0.1) is 47.4 Å². The number of benzene rings is 1. The summed E-state index contributed by atoms with van der Waals surface area (Å²) in [5, 5.41) is 10.8. The van der Waals surface area contributed by atoms with Gasteiger partial charge in [0.25, 0.3) is 5.56 Å². The molecule has 2 saturated heterocycles. The molecule has 0 spiro atoms. The largest absolute Gasteiger partial charge is 0.377 e. The number of ether oxygens (including phenoxy) is 1. The Morgan fingerprint density at radius 1 is 1.40 bits per heavy atom. The lowest BCUT2D eigenvalue weighted by molar-refractivity contribution is -0.144. The van der Waals surface area contributed by atoms with E-state index in [0.29, 0.717) is 33.9 Å². The Balaban J connectivity index is 1.61. The fourth-order valence-electron chi connectivity index (χ4n) is 4.15. The number of amides is 1. The number of aliphatic hydroxyl groups is 1. The predicted octanol–water partition coefficient (Wildman–Crippen LogP) is 3.10. The Labute approximate surface area is 211 Å². The summed E-state index contributed by atoms with van der Waals surface area (Å²) in [5.41, 5.74) is -2.20. The molecule has 2 fully saturated rings. The van der Waals surface area contributed by atoms with E-state index in [0.717, 1.165) is 0 Å². The molecule has 1 atom stereocenters. The molecule has 0 radical (unpaired) electrons. The van der Waals surface area contributed by atoms with E-state index in [1.165, 1.54) is 46.2 Å². The number of nitrogens with zero attached hydrogens (tertiary/aromatic N) is 3. The number of halogens is 3. The van der Waals surface area contributed by atoms with Crippen LogP contribution in [0.5, 0.6) is 0 Å². The smallest absolute Gasteiger partial charge is 0.263 e. The van der Waals surface area contributed by atoms with Gasteiger partial charge in [0, 0.05) is 12.0 Å². The SMILES string of the molecule is CC1(F)CN(C(=O)Cn2cnc3sc(C#CC4(O)CCOC4)c(-c4ccc(F)c(Br)c4)c3c2=O)C1. The number of hydrogen-bond donors (Lipinski definition) is 1. The van der Waals surface area contributed by atoms with Crippen molar-refractivity contribution in [2.45, 2.75) is 31.2 Å². The van der Waals surface area contributed by atoms with Gasteiger partial charge in [0.15, 0.2) is 5.60 Å². The van der Waals surface area contributed by atoms with Crippen LogP contribution in [0.3, 0.4) is 0 Å². The predicted molar refractivity (Wildman–Crippen MR) is 130 cm³/mol. The molecule has 182 valence electrons. The quantitative estimate of drug-likeness (QED) is 0.495. The number of carbonyl (C=O) groups excluding carboxylic acids is 1. The maximum absolute atomic E-state index is 13.9. The zero-order valence-electron chi connectivity index (χ0n) is 18.6. The van der Waals surface area contributed by atoms with Crippen molar-refractivity contribution in [3.8, 4) is 23.0 Å².